The number of nitrogens with zero attached hydrogens (tertiary/aromatic N) is 1. The highest BCUT2D eigenvalue weighted by molar-refractivity contribution is 5.87. The van der Waals surface area contributed by atoms with E-state index in [4.69, 9.17) is 4.74 Å². The lowest BCUT2D eigenvalue weighted by Crippen LogP contribution is -2.17. The lowest BCUT2D eigenvalue weighted by molar-refractivity contribution is 0.0512. The highest BCUT2D eigenvalue weighted by Crippen LogP contribution is 2.07. The van der Waals surface area contributed by atoms with Crippen LogP contribution in [0.4, 0.5) is 0 Å². The lowest BCUT2D eigenvalue weighted by Gasteiger charge is -1.99. The average molecular weight is 221 g/mol. The van der Waals surface area contributed by atoms with Crippen molar-refractivity contribution in [3.05, 3.63) is 27.9 Å². The van der Waals surface area contributed by atoms with Crippen LogP contribution in [0.1, 0.15) is 23.2 Å². The minimum absolute atomic E-state index is 0.0822. The van der Waals surface area contributed by atoms with Crippen molar-refractivity contribution in [2.45, 2.75) is 13.8 Å². The van der Waals surface area contributed by atoms with Crippen LogP contribution in [0.25, 0.3) is 11.0 Å². The summed E-state index contributed by atoms with van der Waals surface area (Å²) in [7, 11) is 0. The first-order valence-electron chi connectivity index (χ1n) is 4.88. The third-order valence-electron chi connectivity index (χ3n) is 2.10. The van der Waals surface area contributed by atoms with Gasteiger partial charge in [0.1, 0.15) is 5.65 Å². The van der Waals surface area contributed by atoms with E-state index < -0.39 is 5.97 Å². The van der Waals surface area contributed by atoms with Gasteiger partial charge in [0.25, 0.3) is 5.56 Å². The van der Waals surface area contributed by atoms with Gasteiger partial charge in [0.2, 0.25) is 5.82 Å². The Labute approximate surface area is 90.7 Å². The number of hydrogen-bond acceptors (Lipinski definition) is 4. The second kappa shape index (κ2) is 3.80. The summed E-state index contributed by atoms with van der Waals surface area (Å²) < 4.78 is 4.75. The standard InChI is InChI=1S/C10H11N3O3/c1-3-16-10(15)8-12-7-6(9(14)13-8)4-5(2)11-7/h4H,3H2,1-2H3,(H2,11,12,13,14). The molecule has 0 fully saturated rings. The van der Waals surface area contributed by atoms with Crippen LogP contribution in [0.3, 0.4) is 0 Å². The van der Waals surface area contributed by atoms with Crippen molar-refractivity contribution in [3.63, 3.8) is 0 Å². The van der Waals surface area contributed by atoms with Crippen LogP contribution in [-0.2, 0) is 4.74 Å². The van der Waals surface area contributed by atoms with Crippen molar-refractivity contribution in [2.75, 3.05) is 6.61 Å². The first kappa shape index (κ1) is 10.4. The maximum atomic E-state index is 11.6. The largest absolute Gasteiger partial charge is 0.460 e. The third kappa shape index (κ3) is 1.69. The second-order valence-electron chi connectivity index (χ2n) is 3.35. The zero-order valence-electron chi connectivity index (χ0n) is 8.96. The molecule has 2 N–H and O–H groups in total. The highest BCUT2D eigenvalue weighted by Gasteiger charge is 2.13. The molecule has 0 atom stereocenters. The molecule has 0 unspecified atom stereocenters. The summed E-state index contributed by atoms with van der Waals surface area (Å²) in [6.07, 6.45) is 0. The fourth-order valence-electron chi connectivity index (χ4n) is 1.45. The van der Waals surface area contributed by atoms with E-state index in [-0.39, 0.29) is 18.0 Å². The minimum Gasteiger partial charge on any atom is -0.460 e. The molecule has 16 heavy (non-hydrogen) atoms. The third-order valence-corrected chi connectivity index (χ3v) is 2.10. The summed E-state index contributed by atoms with van der Waals surface area (Å²) in [6.45, 7) is 3.74. The highest BCUT2D eigenvalue weighted by atomic mass is 16.5. The van der Waals surface area contributed by atoms with Crippen molar-refractivity contribution in [2.24, 2.45) is 0 Å². The Hall–Kier alpha value is -2.11. The van der Waals surface area contributed by atoms with E-state index in [0.29, 0.717) is 11.0 Å². The summed E-state index contributed by atoms with van der Waals surface area (Å²) in [5.74, 6) is -0.713. The molecule has 0 aliphatic carbocycles. The van der Waals surface area contributed by atoms with Gasteiger partial charge in [0.05, 0.1) is 12.0 Å². The van der Waals surface area contributed by atoms with Crippen LogP contribution in [0, 0.1) is 6.92 Å². The van der Waals surface area contributed by atoms with Gasteiger partial charge < -0.3 is 14.7 Å². The number of fused-ring (bicyclic) bond motifs is 1. The number of hydrogen-bond donors (Lipinski definition) is 2. The van der Waals surface area contributed by atoms with Gasteiger partial charge in [0.15, 0.2) is 0 Å². The van der Waals surface area contributed by atoms with Gasteiger partial charge in [-0.05, 0) is 19.9 Å². The van der Waals surface area contributed by atoms with E-state index in [9.17, 15) is 9.59 Å². The average Bonchev–Trinajstić information content (AvgIpc) is 2.59. The molecule has 84 valence electrons. The molecule has 0 bridgehead atoms. The van der Waals surface area contributed by atoms with Crippen LogP contribution in [0.15, 0.2) is 10.9 Å². The minimum atomic E-state index is -0.631. The predicted octanol–water partition coefficient (Wildman–Crippen LogP) is 0.736. The van der Waals surface area contributed by atoms with Crippen molar-refractivity contribution < 1.29 is 9.53 Å². The molecule has 0 aromatic carbocycles. The van der Waals surface area contributed by atoms with Gasteiger partial charge >= 0.3 is 5.97 Å². The summed E-state index contributed by atoms with van der Waals surface area (Å²) in [6, 6.07) is 1.68. The topological polar surface area (TPSA) is 87.8 Å². The first-order chi connectivity index (χ1) is 7.61. The Morgan fingerprint density at radius 1 is 1.50 bits per heavy atom. The van der Waals surface area contributed by atoms with E-state index in [0.717, 1.165) is 5.69 Å². The number of aromatic nitrogens is 3. The second-order valence-corrected chi connectivity index (χ2v) is 3.35. The predicted molar refractivity (Wildman–Crippen MR) is 57.4 cm³/mol. The summed E-state index contributed by atoms with van der Waals surface area (Å²) in [5, 5.41) is 0.436. The number of H-pyrrole nitrogens is 2. The molecule has 0 radical (unpaired) electrons. The summed E-state index contributed by atoms with van der Waals surface area (Å²) in [4.78, 5) is 32.3. The van der Waals surface area contributed by atoms with Gasteiger partial charge in [-0.25, -0.2) is 9.78 Å². The quantitative estimate of drug-likeness (QED) is 0.732. The van der Waals surface area contributed by atoms with E-state index in [1.54, 1.807) is 13.0 Å². The van der Waals surface area contributed by atoms with Gasteiger partial charge in [0, 0.05) is 5.69 Å². The molecule has 2 rings (SSSR count). The number of nitrogens with one attached hydrogen (secondary N) is 2. The molecule has 2 heterocycles. The van der Waals surface area contributed by atoms with E-state index in [1.165, 1.54) is 0 Å². The van der Waals surface area contributed by atoms with E-state index in [1.807, 2.05) is 6.92 Å². The molecule has 6 nitrogen and oxygen atoms in total. The fourth-order valence-corrected chi connectivity index (χ4v) is 1.45. The van der Waals surface area contributed by atoms with Crippen molar-refractivity contribution >= 4 is 17.0 Å². The maximum absolute atomic E-state index is 11.6. The number of carbonyl (C=O) groups excluding carboxylic acids is 1. The SMILES string of the molecule is CCOC(=O)c1nc2[nH]c(C)cc2c(=O)[nH]1. The number of ether oxygens (including phenoxy) is 1. The number of esters is 1. The van der Waals surface area contributed by atoms with Crippen molar-refractivity contribution in [1.29, 1.82) is 0 Å². The smallest absolute Gasteiger partial charge is 0.374 e. The molecular formula is C10H11N3O3. The zero-order valence-corrected chi connectivity index (χ0v) is 8.96. The number of aromatic amines is 2. The fraction of sp³-hybridized carbons (Fsp3) is 0.300. The van der Waals surface area contributed by atoms with Crippen molar-refractivity contribution in [1.82, 2.24) is 15.0 Å². The van der Waals surface area contributed by atoms with Crippen LogP contribution < -0.4 is 5.56 Å². The van der Waals surface area contributed by atoms with Crippen LogP contribution in [0.2, 0.25) is 0 Å². The van der Waals surface area contributed by atoms with E-state index in [2.05, 4.69) is 15.0 Å². The number of carbonyl (C=O) groups is 1. The summed E-state index contributed by atoms with van der Waals surface area (Å²) in [5.41, 5.74) is 0.857. The van der Waals surface area contributed by atoms with Gasteiger partial charge in [-0.15, -0.1) is 0 Å². The Bertz CT molecular complexity index is 597. The maximum Gasteiger partial charge on any atom is 0.374 e. The lowest BCUT2D eigenvalue weighted by atomic mass is 10.4. The molecule has 0 saturated heterocycles. The molecule has 0 spiro atoms. The number of aryl methyl sites for hydroxylation is 1. The first-order valence-corrected chi connectivity index (χ1v) is 4.88. The molecule has 6 heteroatoms. The molecule has 0 aliphatic rings. The van der Waals surface area contributed by atoms with Crippen molar-refractivity contribution in [3.8, 4) is 0 Å². The van der Waals surface area contributed by atoms with Gasteiger partial charge in [-0.1, -0.05) is 0 Å². The molecule has 0 amide bonds. The monoisotopic (exact) mass is 221 g/mol. The van der Waals surface area contributed by atoms with Gasteiger partial charge in [-0.3, -0.25) is 4.79 Å². The molecular weight excluding hydrogens is 210 g/mol. The molecule has 0 aliphatic heterocycles. The Morgan fingerprint density at radius 3 is 2.94 bits per heavy atom. The Morgan fingerprint density at radius 2 is 2.25 bits per heavy atom. The zero-order chi connectivity index (χ0) is 11.7. The van der Waals surface area contributed by atoms with E-state index >= 15 is 0 Å². The normalized spacial score (nSPS) is 10.6. The van der Waals surface area contributed by atoms with Gasteiger partial charge in [-0.2, -0.15) is 0 Å². The van der Waals surface area contributed by atoms with Crippen LogP contribution >= 0.6 is 0 Å². The number of rotatable bonds is 2. The Balaban J connectivity index is 2.57. The Kier molecular flexibility index (Phi) is 2.47. The molecule has 2 aromatic rings. The van der Waals surface area contributed by atoms with Crippen LogP contribution in [0.5, 0.6) is 0 Å². The van der Waals surface area contributed by atoms with Crippen LogP contribution in [-0.4, -0.2) is 27.5 Å². The summed E-state index contributed by atoms with van der Waals surface area (Å²) >= 11 is 0. The molecule has 0 saturated carbocycles. The molecule has 2 aromatic heterocycles.